The molecule has 0 unspecified atom stereocenters. The van der Waals surface area contributed by atoms with Gasteiger partial charge in [0.25, 0.3) is 0 Å². The molecule has 38 heavy (non-hydrogen) atoms. The Kier molecular flexibility index (Phi) is 19.7. The van der Waals surface area contributed by atoms with E-state index in [0.29, 0.717) is 4.34 Å². The number of rotatable bonds is 8. The van der Waals surface area contributed by atoms with Crippen LogP contribution in [0, 0.1) is 0 Å². The Labute approximate surface area is 248 Å². The molecular formula is C35H48Cl2S. The van der Waals surface area contributed by atoms with Crippen molar-refractivity contribution in [3.63, 3.8) is 0 Å². The Morgan fingerprint density at radius 3 is 1.97 bits per heavy atom. The first kappa shape index (κ1) is 35.9. The van der Waals surface area contributed by atoms with Gasteiger partial charge in [-0.1, -0.05) is 152 Å². The van der Waals surface area contributed by atoms with Crippen LogP contribution in [0.1, 0.15) is 110 Å². The molecule has 0 radical (unpaired) electrons. The van der Waals surface area contributed by atoms with Crippen LogP contribution in [0.15, 0.2) is 66.2 Å². The minimum Gasteiger partial charge on any atom is -0.111 e. The number of allylic oxidation sites excluding steroid dienone is 4. The fraction of sp³-hybridized carbons (Fsp3) is 0.371. The van der Waals surface area contributed by atoms with Crippen LogP contribution in [0.5, 0.6) is 0 Å². The molecule has 3 rings (SSSR count). The van der Waals surface area contributed by atoms with Crippen LogP contribution in [0.2, 0.25) is 8.67 Å². The predicted molar refractivity (Wildman–Crippen MR) is 181 cm³/mol. The van der Waals surface area contributed by atoms with Crippen LogP contribution in [0.4, 0.5) is 0 Å². The van der Waals surface area contributed by atoms with Crippen molar-refractivity contribution in [3.8, 4) is 0 Å². The number of hydrogen-bond donors (Lipinski definition) is 0. The summed E-state index contributed by atoms with van der Waals surface area (Å²) in [5.74, 6) is 0. The molecule has 0 aliphatic heterocycles. The van der Waals surface area contributed by atoms with Gasteiger partial charge < -0.3 is 0 Å². The molecule has 0 spiro atoms. The lowest BCUT2D eigenvalue weighted by Gasteiger charge is -2.17. The fourth-order valence-corrected chi connectivity index (χ4v) is 5.64. The molecule has 0 aliphatic carbocycles. The molecule has 208 valence electrons. The van der Waals surface area contributed by atoms with Crippen molar-refractivity contribution >= 4 is 57.8 Å². The summed E-state index contributed by atoms with van der Waals surface area (Å²) in [6, 6.07) is 19.4. The fourth-order valence-electron chi connectivity index (χ4n) is 4.12. The molecule has 0 aliphatic rings. The summed E-state index contributed by atoms with van der Waals surface area (Å²) < 4.78 is 1.46. The summed E-state index contributed by atoms with van der Waals surface area (Å²) in [7, 11) is 0. The second-order valence-corrected chi connectivity index (χ2v) is 10.1. The summed E-state index contributed by atoms with van der Waals surface area (Å²) in [4.78, 5) is 0. The van der Waals surface area contributed by atoms with Crippen LogP contribution in [-0.2, 0) is 6.42 Å². The summed E-state index contributed by atoms with van der Waals surface area (Å²) >= 11 is 14.4. The third kappa shape index (κ3) is 10.6. The van der Waals surface area contributed by atoms with Crippen molar-refractivity contribution in [1.29, 1.82) is 0 Å². The zero-order chi connectivity index (χ0) is 29.1. The predicted octanol–water partition coefficient (Wildman–Crippen LogP) is 13.5. The van der Waals surface area contributed by atoms with Gasteiger partial charge in [0.1, 0.15) is 4.34 Å². The molecule has 1 aromatic heterocycles. The van der Waals surface area contributed by atoms with E-state index in [1.54, 1.807) is 0 Å². The minimum absolute atomic E-state index is 0.716. The summed E-state index contributed by atoms with van der Waals surface area (Å²) in [5.41, 5.74) is 9.75. The maximum absolute atomic E-state index is 6.62. The van der Waals surface area contributed by atoms with E-state index in [2.05, 4.69) is 87.5 Å². The third-order valence-corrected chi connectivity index (χ3v) is 7.02. The zero-order valence-corrected chi connectivity index (χ0v) is 27.5. The second-order valence-electron chi connectivity index (χ2n) is 7.84. The average Bonchev–Trinajstić information content (AvgIpc) is 3.29. The molecule has 3 aromatic rings. The highest BCUT2D eigenvalue weighted by Gasteiger charge is 2.17. The Morgan fingerprint density at radius 1 is 0.868 bits per heavy atom. The van der Waals surface area contributed by atoms with Crippen LogP contribution >= 0.6 is 34.5 Å². The summed E-state index contributed by atoms with van der Waals surface area (Å²) in [5, 5.41) is 0. The Balaban J connectivity index is 0.00000213. The van der Waals surface area contributed by atoms with Gasteiger partial charge in [-0.05, 0) is 71.7 Å². The second kappa shape index (κ2) is 20.8. The van der Waals surface area contributed by atoms with Crippen molar-refractivity contribution < 1.29 is 0 Å². The lowest BCUT2D eigenvalue weighted by Crippen LogP contribution is -1.95. The van der Waals surface area contributed by atoms with Crippen molar-refractivity contribution in [1.82, 2.24) is 0 Å². The van der Waals surface area contributed by atoms with Crippen molar-refractivity contribution in [2.24, 2.45) is 0 Å². The van der Waals surface area contributed by atoms with Gasteiger partial charge in [-0.2, -0.15) is 0 Å². The van der Waals surface area contributed by atoms with Crippen LogP contribution in [0.25, 0.3) is 23.3 Å². The first-order valence-electron chi connectivity index (χ1n) is 14.2. The Hall–Kier alpha value is -2.06. The highest BCUT2D eigenvalue weighted by atomic mass is 35.5. The molecule has 0 fully saturated rings. The molecular weight excluding hydrogens is 523 g/mol. The molecule has 0 nitrogen and oxygen atoms in total. The summed E-state index contributed by atoms with van der Waals surface area (Å²) in [6.07, 6.45) is 9.56. The van der Waals surface area contributed by atoms with E-state index >= 15 is 0 Å². The SMILES string of the molecule is C/C=C/c1ccc(C(=C(/CC)c2cc(Cl)sc2Cl)/C(C)=C/c2ccccc2CCC)cc1.CC.CC.CC. The maximum atomic E-state index is 6.62. The van der Waals surface area contributed by atoms with Crippen molar-refractivity contribution in [2.75, 3.05) is 0 Å². The van der Waals surface area contributed by atoms with Gasteiger partial charge >= 0.3 is 0 Å². The number of benzene rings is 2. The van der Waals surface area contributed by atoms with E-state index in [1.165, 1.54) is 50.3 Å². The molecule has 0 atom stereocenters. The standard InChI is InChI=1S/C29H30Cl2S.3C2H6/c1-5-10-21-14-16-23(17-15-21)28(25(7-3)26-19-27(30)32-29(26)31)20(4)18-24-13-9-8-12-22(24)11-6-2;3*1-2/h5,8-10,12-19H,6-7,11H2,1-4H3;3*1-2H3/b10-5+,20-18+,28-25-;;;. The molecule has 0 saturated heterocycles. The third-order valence-electron chi connectivity index (χ3n) is 5.54. The topological polar surface area (TPSA) is 0 Å². The maximum Gasteiger partial charge on any atom is 0.102 e. The molecule has 0 bridgehead atoms. The van der Waals surface area contributed by atoms with Crippen LogP contribution < -0.4 is 0 Å². The minimum atomic E-state index is 0.716. The van der Waals surface area contributed by atoms with Gasteiger partial charge in [-0.25, -0.2) is 0 Å². The number of hydrogen-bond acceptors (Lipinski definition) is 1. The van der Waals surface area contributed by atoms with Gasteiger partial charge in [0.05, 0.1) is 4.34 Å². The van der Waals surface area contributed by atoms with E-state index < -0.39 is 0 Å². The average molecular weight is 572 g/mol. The Bertz CT molecular complexity index is 1140. The molecule has 0 amide bonds. The molecule has 1 heterocycles. The first-order chi connectivity index (χ1) is 18.5. The van der Waals surface area contributed by atoms with Gasteiger partial charge in [0, 0.05) is 5.56 Å². The van der Waals surface area contributed by atoms with Gasteiger partial charge in [-0.15, -0.1) is 11.3 Å². The zero-order valence-electron chi connectivity index (χ0n) is 25.2. The summed E-state index contributed by atoms with van der Waals surface area (Å²) in [6.45, 7) is 20.7. The van der Waals surface area contributed by atoms with E-state index in [-0.39, 0.29) is 0 Å². The number of aryl methyl sites for hydroxylation is 1. The first-order valence-corrected chi connectivity index (χ1v) is 15.7. The normalized spacial score (nSPS) is 11.4. The van der Waals surface area contributed by atoms with Gasteiger partial charge in [0.15, 0.2) is 0 Å². The van der Waals surface area contributed by atoms with E-state index in [1.807, 2.05) is 54.5 Å². The highest BCUT2D eigenvalue weighted by molar-refractivity contribution is 7.20. The van der Waals surface area contributed by atoms with Crippen molar-refractivity contribution in [2.45, 2.75) is 88.5 Å². The van der Waals surface area contributed by atoms with E-state index in [4.69, 9.17) is 23.2 Å². The van der Waals surface area contributed by atoms with Gasteiger partial charge in [-0.3, -0.25) is 0 Å². The number of halogens is 2. The molecule has 2 aromatic carbocycles. The molecule has 0 N–H and O–H groups in total. The van der Waals surface area contributed by atoms with Crippen LogP contribution in [-0.4, -0.2) is 0 Å². The highest BCUT2D eigenvalue weighted by Crippen LogP contribution is 2.42. The molecule has 0 saturated carbocycles. The quantitative estimate of drug-likeness (QED) is 0.236. The van der Waals surface area contributed by atoms with Crippen molar-refractivity contribution in [3.05, 3.63) is 103 Å². The number of thiophene rings is 1. The molecule has 3 heteroatoms. The lowest BCUT2D eigenvalue weighted by atomic mass is 9.87. The van der Waals surface area contributed by atoms with E-state index in [0.717, 1.165) is 29.2 Å². The Morgan fingerprint density at radius 2 is 1.47 bits per heavy atom. The van der Waals surface area contributed by atoms with Gasteiger partial charge in [0.2, 0.25) is 0 Å². The monoisotopic (exact) mass is 570 g/mol. The lowest BCUT2D eigenvalue weighted by molar-refractivity contribution is 0.919. The largest absolute Gasteiger partial charge is 0.111 e. The smallest absolute Gasteiger partial charge is 0.102 e. The van der Waals surface area contributed by atoms with E-state index in [9.17, 15) is 0 Å². The van der Waals surface area contributed by atoms with Crippen LogP contribution in [0.3, 0.4) is 0 Å².